The van der Waals surface area contributed by atoms with Gasteiger partial charge in [-0.05, 0) is 32.6 Å². The van der Waals surface area contributed by atoms with Crippen molar-refractivity contribution in [3.8, 4) is 0 Å². The summed E-state index contributed by atoms with van der Waals surface area (Å²) in [4.78, 5) is 2.49. The number of anilines is 1. The zero-order valence-electron chi connectivity index (χ0n) is 11.2. The predicted octanol–water partition coefficient (Wildman–Crippen LogP) is 3.07. The molecular formula is C13H16ClN5S. The van der Waals surface area contributed by atoms with Gasteiger partial charge in [0.2, 0.25) is 5.13 Å². The first-order valence-corrected chi connectivity index (χ1v) is 8.18. The Hall–Kier alpha value is -1.14. The average Bonchev–Trinajstić information content (AvgIpc) is 3.09. The molecule has 2 fully saturated rings. The molecule has 20 heavy (non-hydrogen) atoms. The number of rotatable bonds is 2. The number of piperidine rings is 1. The van der Waals surface area contributed by atoms with Crippen molar-refractivity contribution in [3.63, 3.8) is 0 Å². The van der Waals surface area contributed by atoms with Gasteiger partial charge in [-0.15, -0.1) is 10.2 Å². The molecule has 2 saturated heterocycles. The molecule has 2 aromatic heterocycles. The Morgan fingerprint density at radius 3 is 2.50 bits per heavy atom. The zero-order valence-corrected chi connectivity index (χ0v) is 12.8. The Kier molecular flexibility index (Phi) is 2.96. The van der Waals surface area contributed by atoms with E-state index in [0.717, 1.165) is 28.0 Å². The van der Waals surface area contributed by atoms with E-state index in [1.54, 1.807) is 17.5 Å². The molecule has 4 heterocycles. The standard InChI is InChI=1S/C13H16ClN5S/c1-8-16-17-13(20-8)19-10-2-3-11(19)5-12(4-10)18-7-9(14)6-15-18/h6-7,10-12H,2-5H2,1H3. The van der Waals surface area contributed by atoms with E-state index < -0.39 is 0 Å². The second-order valence-corrected chi connectivity index (χ2v) is 7.26. The molecule has 0 radical (unpaired) electrons. The van der Waals surface area contributed by atoms with E-state index in [4.69, 9.17) is 11.6 Å². The Morgan fingerprint density at radius 2 is 1.95 bits per heavy atom. The van der Waals surface area contributed by atoms with Crippen LogP contribution in [0.1, 0.15) is 36.7 Å². The van der Waals surface area contributed by atoms with Crippen LogP contribution in [0.25, 0.3) is 0 Å². The molecule has 2 aliphatic rings. The van der Waals surface area contributed by atoms with Crippen LogP contribution in [0.2, 0.25) is 5.02 Å². The number of aromatic nitrogens is 4. The van der Waals surface area contributed by atoms with Gasteiger partial charge in [0.1, 0.15) is 5.01 Å². The van der Waals surface area contributed by atoms with Gasteiger partial charge in [0.15, 0.2) is 0 Å². The normalized spacial score (nSPS) is 29.1. The molecule has 2 bridgehead atoms. The van der Waals surface area contributed by atoms with E-state index >= 15 is 0 Å². The summed E-state index contributed by atoms with van der Waals surface area (Å²) < 4.78 is 2.04. The van der Waals surface area contributed by atoms with Crippen molar-refractivity contribution < 1.29 is 0 Å². The molecule has 2 aliphatic heterocycles. The fraction of sp³-hybridized carbons (Fsp3) is 0.615. The minimum atomic E-state index is 0.463. The van der Waals surface area contributed by atoms with Gasteiger partial charge in [-0.2, -0.15) is 5.10 Å². The lowest BCUT2D eigenvalue weighted by molar-refractivity contribution is 0.314. The van der Waals surface area contributed by atoms with Crippen molar-refractivity contribution in [2.45, 2.75) is 50.7 Å². The number of hydrogen-bond acceptors (Lipinski definition) is 5. The smallest absolute Gasteiger partial charge is 0.208 e. The molecule has 2 atom stereocenters. The molecule has 0 saturated carbocycles. The Bertz CT molecular complexity index is 610. The maximum absolute atomic E-state index is 5.98. The minimum Gasteiger partial charge on any atom is -0.341 e. The van der Waals surface area contributed by atoms with E-state index in [9.17, 15) is 0 Å². The number of fused-ring (bicyclic) bond motifs is 2. The molecule has 0 aliphatic carbocycles. The summed E-state index contributed by atoms with van der Waals surface area (Å²) in [6, 6.07) is 1.59. The largest absolute Gasteiger partial charge is 0.341 e. The van der Waals surface area contributed by atoms with Gasteiger partial charge in [0.05, 0.1) is 17.3 Å². The third-order valence-electron chi connectivity index (χ3n) is 4.39. The number of hydrogen-bond donors (Lipinski definition) is 0. The Morgan fingerprint density at radius 1 is 1.20 bits per heavy atom. The van der Waals surface area contributed by atoms with Crippen LogP contribution >= 0.6 is 22.9 Å². The van der Waals surface area contributed by atoms with Gasteiger partial charge in [0, 0.05) is 18.3 Å². The van der Waals surface area contributed by atoms with E-state index in [2.05, 4.69) is 20.2 Å². The van der Waals surface area contributed by atoms with Crippen LogP contribution in [0.3, 0.4) is 0 Å². The molecule has 0 amide bonds. The van der Waals surface area contributed by atoms with Crippen LogP contribution < -0.4 is 4.90 Å². The second-order valence-electron chi connectivity index (χ2n) is 5.66. The van der Waals surface area contributed by atoms with Crippen LogP contribution in [0.4, 0.5) is 5.13 Å². The third-order valence-corrected chi connectivity index (χ3v) is 5.44. The quantitative estimate of drug-likeness (QED) is 0.855. The van der Waals surface area contributed by atoms with Crippen molar-refractivity contribution in [2.24, 2.45) is 0 Å². The lowest BCUT2D eigenvalue weighted by Crippen LogP contribution is -2.43. The van der Waals surface area contributed by atoms with Crippen molar-refractivity contribution in [1.82, 2.24) is 20.0 Å². The molecule has 5 nitrogen and oxygen atoms in total. The van der Waals surface area contributed by atoms with Crippen molar-refractivity contribution in [1.29, 1.82) is 0 Å². The van der Waals surface area contributed by atoms with Crippen molar-refractivity contribution in [2.75, 3.05) is 4.90 Å². The highest BCUT2D eigenvalue weighted by Crippen LogP contribution is 2.43. The number of nitrogens with zero attached hydrogens (tertiary/aromatic N) is 5. The van der Waals surface area contributed by atoms with Crippen molar-refractivity contribution >= 4 is 28.1 Å². The van der Waals surface area contributed by atoms with Crippen LogP contribution in [0.15, 0.2) is 12.4 Å². The molecule has 0 aromatic carbocycles. The summed E-state index contributed by atoms with van der Waals surface area (Å²) in [6.45, 7) is 2.02. The molecule has 2 unspecified atom stereocenters. The topological polar surface area (TPSA) is 46.8 Å². The zero-order chi connectivity index (χ0) is 13.7. The van der Waals surface area contributed by atoms with Crippen LogP contribution in [0.5, 0.6) is 0 Å². The lowest BCUT2D eigenvalue weighted by atomic mass is 9.98. The van der Waals surface area contributed by atoms with Gasteiger partial charge < -0.3 is 4.90 Å². The second kappa shape index (κ2) is 4.70. The van der Waals surface area contributed by atoms with E-state index in [0.29, 0.717) is 18.1 Å². The highest BCUT2D eigenvalue weighted by atomic mass is 35.5. The van der Waals surface area contributed by atoms with E-state index in [1.165, 1.54) is 12.8 Å². The summed E-state index contributed by atoms with van der Waals surface area (Å²) in [5, 5.41) is 15.7. The van der Waals surface area contributed by atoms with E-state index in [-0.39, 0.29) is 0 Å². The monoisotopic (exact) mass is 309 g/mol. The average molecular weight is 310 g/mol. The highest BCUT2D eigenvalue weighted by molar-refractivity contribution is 7.15. The lowest BCUT2D eigenvalue weighted by Gasteiger charge is -2.38. The minimum absolute atomic E-state index is 0.463. The first kappa shape index (κ1) is 12.6. The molecular weight excluding hydrogens is 294 g/mol. The SMILES string of the molecule is Cc1nnc(N2C3CCC2CC(n2cc(Cl)cn2)C3)s1. The molecule has 106 valence electrons. The molecule has 2 aromatic rings. The summed E-state index contributed by atoms with van der Waals surface area (Å²) in [7, 11) is 0. The summed E-state index contributed by atoms with van der Waals surface area (Å²) in [5.74, 6) is 0. The molecule has 7 heteroatoms. The molecule has 0 spiro atoms. The van der Waals surface area contributed by atoms with Gasteiger partial charge in [-0.1, -0.05) is 22.9 Å². The first-order valence-electron chi connectivity index (χ1n) is 6.99. The molecule has 0 N–H and O–H groups in total. The first-order chi connectivity index (χ1) is 9.70. The van der Waals surface area contributed by atoms with Crippen LogP contribution in [-0.2, 0) is 0 Å². The highest BCUT2D eigenvalue weighted by Gasteiger charge is 2.42. The predicted molar refractivity (Wildman–Crippen MR) is 79.4 cm³/mol. The van der Waals surface area contributed by atoms with Crippen molar-refractivity contribution in [3.05, 3.63) is 22.4 Å². The number of halogens is 1. The molecule has 4 rings (SSSR count). The van der Waals surface area contributed by atoms with Crippen LogP contribution in [0, 0.1) is 6.92 Å². The summed E-state index contributed by atoms with van der Waals surface area (Å²) >= 11 is 7.69. The summed E-state index contributed by atoms with van der Waals surface area (Å²) in [5.41, 5.74) is 0. The summed E-state index contributed by atoms with van der Waals surface area (Å²) in [6.07, 6.45) is 8.39. The van der Waals surface area contributed by atoms with E-state index in [1.807, 2.05) is 17.8 Å². The van der Waals surface area contributed by atoms with Gasteiger partial charge >= 0.3 is 0 Å². The third kappa shape index (κ3) is 2.02. The maximum atomic E-state index is 5.98. The van der Waals surface area contributed by atoms with Gasteiger partial charge in [-0.3, -0.25) is 4.68 Å². The number of aryl methyl sites for hydroxylation is 1. The van der Waals surface area contributed by atoms with Crippen LogP contribution in [-0.4, -0.2) is 32.1 Å². The van der Waals surface area contributed by atoms with Gasteiger partial charge in [-0.25, -0.2) is 0 Å². The van der Waals surface area contributed by atoms with Gasteiger partial charge in [0.25, 0.3) is 0 Å². The maximum Gasteiger partial charge on any atom is 0.208 e. The fourth-order valence-corrected chi connectivity index (χ4v) is 4.56. The fourth-order valence-electron chi connectivity index (χ4n) is 3.58. The Labute approximate surface area is 126 Å². The Balaban J connectivity index is 1.58.